The summed E-state index contributed by atoms with van der Waals surface area (Å²) in [7, 11) is 0. The highest BCUT2D eigenvalue weighted by Gasteiger charge is 2.22. The maximum Gasteiger partial charge on any atom is 0.255 e. The number of nitrogens with one attached hydrogen (secondary N) is 1. The van der Waals surface area contributed by atoms with Crippen LogP contribution in [0.1, 0.15) is 5.56 Å². The number of anilines is 1. The highest BCUT2D eigenvalue weighted by atomic mass is 16.6. The van der Waals surface area contributed by atoms with Crippen molar-refractivity contribution in [1.29, 1.82) is 0 Å². The Hall–Kier alpha value is -1.43. The van der Waals surface area contributed by atoms with Gasteiger partial charge in [-0.1, -0.05) is 12.1 Å². The Morgan fingerprint density at radius 3 is 3.06 bits per heavy atom. The molecule has 1 aromatic carbocycles. The molecule has 1 saturated heterocycles. The van der Waals surface area contributed by atoms with Gasteiger partial charge in [0, 0.05) is 12.2 Å². The third kappa shape index (κ3) is 3.26. The number of carbonyl (C=O) groups is 1. The fourth-order valence-electron chi connectivity index (χ4n) is 1.64. The summed E-state index contributed by atoms with van der Waals surface area (Å²) in [5.41, 5.74) is 7.24. The smallest absolute Gasteiger partial charge is 0.255 e. The molecule has 17 heavy (non-hydrogen) atoms. The molecule has 0 spiro atoms. The van der Waals surface area contributed by atoms with Crippen molar-refractivity contribution >= 4 is 11.6 Å². The molecule has 1 heterocycles. The highest BCUT2D eigenvalue weighted by Crippen LogP contribution is 2.11. The van der Waals surface area contributed by atoms with Crippen molar-refractivity contribution in [3.8, 4) is 0 Å². The summed E-state index contributed by atoms with van der Waals surface area (Å²) < 4.78 is 10.5. The van der Waals surface area contributed by atoms with E-state index in [1.165, 1.54) is 0 Å². The molecule has 92 valence electrons. The zero-order valence-electron chi connectivity index (χ0n) is 9.52. The summed E-state index contributed by atoms with van der Waals surface area (Å²) in [5.74, 6) is -0.182. The number of hydrogen-bond donors (Lipinski definition) is 2. The van der Waals surface area contributed by atoms with E-state index in [0.29, 0.717) is 26.4 Å². The number of carbonyl (C=O) groups excluding carboxylic acids is 1. The largest absolute Gasteiger partial charge is 0.376 e. The Bertz CT molecular complexity index is 389. The van der Waals surface area contributed by atoms with Gasteiger partial charge in [-0.25, -0.2) is 0 Å². The van der Waals surface area contributed by atoms with Crippen LogP contribution in [0.4, 0.5) is 5.69 Å². The molecular weight excluding hydrogens is 220 g/mol. The highest BCUT2D eigenvalue weighted by molar-refractivity contribution is 5.94. The lowest BCUT2D eigenvalue weighted by Gasteiger charge is -2.22. The number of nitrogens with two attached hydrogens (primary N) is 1. The van der Waals surface area contributed by atoms with Crippen molar-refractivity contribution in [3.63, 3.8) is 0 Å². The van der Waals surface area contributed by atoms with E-state index >= 15 is 0 Å². The zero-order valence-corrected chi connectivity index (χ0v) is 9.52. The first-order valence-corrected chi connectivity index (χ1v) is 5.59. The molecular formula is C12H16N2O3. The molecule has 5 heteroatoms. The molecule has 1 unspecified atom stereocenters. The van der Waals surface area contributed by atoms with Crippen LogP contribution < -0.4 is 11.1 Å². The first kappa shape index (κ1) is 12.0. The lowest BCUT2D eigenvalue weighted by Crippen LogP contribution is -2.39. The summed E-state index contributed by atoms with van der Waals surface area (Å²) in [4.78, 5) is 11.8. The van der Waals surface area contributed by atoms with Crippen molar-refractivity contribution < 1.29 is 14.3 Å². The van der Waals surface area contributed by atoms with E-state index in [4.69, 9.17) is 15.2 Å². The number of hydrogen-bond acceptors (Lipinski definition) is 4. The predicted molar refractivity (Wildman–Crippen MR) is 63.5 cm³/mol. The molecule has 1 aromatic rings. The average molecular weight is 236 g/mol. The van der Waals surface area contributed by atoms with Gasteiger partial charge in [-0.05, 0) is 17.7 Å². The summed E-state index contributed by atoms with van der Waals surface area (Å²) in [6.07, 6.45) is -0.523. The van der Waals surface area contributed by atoms with Crippen molar-refractivity contribution in [3.05, 3.63) is 29.8 Å². The summed E-state index contributed by atoms with van der Waals surface area (Å²) in [5, 5.41) is 2.79. The molecule has 3 N–H and O–H groups in total. The SMILES string of the molecule is NCc1cccc(NC(=O)C2COCCO2)c1. The van der Waals surface area contributed by atoms with Gasteiger partial charge in [-0.3, -0.25) is 4.79 Å². The summed E-state index contributed by atoms with van der Waals surface area (Å²) >= 11 is 0. The maximum atomic E-state index is 11.8. The van der Waals surface area contributed by atoms with E-state index in [1.54, 1.807) is 0 Å². The van der Waals surface area contributed by atoms with Crippen LogP contribution in [0.25, 0.3) is 0 Å². The van der Waals surface area contributed by atoms with Gasteiger partial charge >= 0.3 is 0 Å². The fourth-order valence-corrected chi connectivity index (χ4v) is 1.64. The van der Waals surface area contributed by atoms with E-state index in [0.717, 1.165) is 11.3 Å². The molecule has 1 aliphatic heterocycles. The molecule has 0 aliphatic carbocycles. The second-order valence-electron chi connectivity index (χ2n) is 3.83. The average Bonchev–Trinajstić information content (AvgIpc) is 2.40. The molecule has 1 atom stereocenters. The van der Waals surface area contributed by atoms with Crippen LogP contribution in [0.3, 0.4) is 0 Å². The van der Waals surface area contributed by atoms with Gasteiger partial charge in [0.25, 0.3) is 5.91 Å². The van der Waals surface area contributed by atoms with Crippen LogP contribution >= 0.6 is 0 Å². The van der Waals surface area contributed by atoms with Crippen LogP contribution in [0.5, 0.6) is 0 Å². The minimum Gasteiger partial charge on any atom is -0.376 e. The lowest BCUT2D eigenvalue weighted by atomic mass is 10.2. The normalized spacial score (nSPS) is 19.9. The minimum absolute atomic E-state index is 0.182. The van der Waals surface area contributed by atoms with Crippen LogP contribution in [0, 0.1) is 0 Å². The number of benzene rings is 1. The molecule has 0 aromatic heterocycles. The van der Waals surface area contributed by atoms with Crippen molar-refractivity contribution in [2.45, 2.75) is 12.6 Å². The summed E-state index contributed by atoms with van der Waals surface area (Å²) in [6.45, 7) is 1.77. The van der Waals surface area contributed by atoms with Crippen molar-refractivity contribution in [1.82, 2.24) is 0 Å². The van der Waals surface area contributed by atoms with Crippen molar-refractivity contribution in [2.24, 2.45) is 5.73 Å². The minimum atomic E-state index is -0.523. The molecule has 0 bridgehead atoms. The molecule has 0 radical (unpaired) electrons. The Morgan fingerprint density at radius 1 is 1.47 bits per heavy atom. The van der Waals surface area contributed by atoms with Crippen LogP contribution in [0.2, 0.25) is 0 Å². The number of amides is 1. The Balaban J connectivity index is 1.96. The van der Waals surface area contributed by atoms with Crippen LogP contribution in [-0.4, -0.2) is 31.8 Å². The van der Waals surface area contributed by atoms with Gasteiger partial charge in [0.2, 0.25) is 0 Å². The fraction of sp³-hybridized carbons (Fsp3) is 0.417. The zero-order chi connectivity index (χ0) is 12.1. The molecule has 2 rings (SSSR count). The van der Waals surface area contributed by atoms with Gasteiger partial charge in [0.1, 0.15) is 0 Å². The van der Waals surface area contributed by atoms with Gasteiger partial charge in [-0.15, -0.1) is 0 Å². The Morgan fingerprint density at radius 2 is 2.35 bits per heavy atom. The number of rotatable bonds is 3. The van der Waals surface area contributed by atoms with E-state index in [1.807, 2.05) is 24.3 Å². The standard InChI is InChI=1S/C12H16N2O3/c13-7-9-2-1-3-10(6-9)14-12(15)11-8-16-4-5-17-11/h1-3,6,11H,4-5,7-8,13H2,(H,14,15). The molecule has 0 saturated carbocycles. The van der Waals surface area contributed by atoms with Gasteiger partial charge in [0.15, 0.2) is 6.10 Å². The van der Waals surface area contributed by atoms with E-state index < -0.39 is 6.10 Å². The third-order valence-corrected chi connectivity index (χ3v) is 2.54. The van der Waals surface area contributed by atoms with Gasteiger partial charge < -0.3 is 20.5 Å². The van der Waals surface area contributed by atoms with Gasteiger partial charge in [0.05, 0.1) is 19.8 Å². The van der Waals surface area contributed by atoms with Crippen molar-refractivity contribution in [2.75, 3.05) is 25.1 Å². The maximum absolute atomic E-state index is 11.8. The monoisotopic (exact) mass is 236 g/mol. The quantitative estimate of drug-likeness (QED) is 0.801. The molecule has 1 fully saturated rings. The first-order valence-electron chi connectivity index (χ1n) is 5.59. The Kier molecular flexibility index (Phi) is 4.08. The second kappa shape index (κ2) is 5.77. The van der Waals surface area contributed by atoms with Crippen LogP contribution in [0.15, 0.2) is 24.3 Å². The first-order chi connectivity index (χ1) is 8.29. The van der Waals surface area contributed by atoms with Crippen LogP contribution in [-0.2, 0) is 20.8 Å². The Labute approximate surface area is 99.9 Å². The third-order valence-electron chi connectivity index (χ3n) is 2.54. The molecule has 1 amide bonds. The number of ether oxygens (including phenoxy) is 2. The van der Waals surface area contributed by atoms with E-state index in [2.05, 4.69) is 5.32 Å². The summed E-state index contributed by atoms with van der Waals surface area (Å²) in [6, 6.07) is 7.44. The predicted octanol–water partition coefficient (Wildman–Crippen LogP) is 0.499. The molecule has 5 nitrogen and oxygen atoms in total. The second-order valence-corrected chi connectivity index (χ2v) is 3.83. The van der Waals surface area contributed by atoms with E-state index in [-0.39, 0.29) is 5.91 Å². The lowest BCUT2D eigenvalue weighted by molar-refractivity contribution is -0.142. The van der Waals surface area contributed by atoms with E-state index in [9.17, 15) is 4.79 Å². The topological polar surface area (TPSA) is 73.6 Å². The van der Waals surface area contributed by atoms with Gasteiger partial charge in [-0.2, -0.15) is 0 Å². The molecule has 1 aliphatic rings.